The van der Waals surface area contributed by atoms with E-state index in [1.807, 2.05) is 0 Å². The predicted molar refractivity (Wildman–Crippen MR) is 108 cm³/mol. The van der Waals surface area contributed by atoms with E-state index in [-0.39, 0.29) is 10.6 Å². The number of carbonyl (C=O) groups excluding carboxylic acids is 2. The highest BCUT2D eigenvalue weighted by molar-refractivity contribution is 7.93. The van der Waals surface area contributed by atoms with E-state index in [1.54, 1.807) is 30.3 Å². The number of rotatable bonds is 4. The smallest absolute Gasteiger partial charge is 0.301 e. The van der Waals surface area contributed by atoms with E-state index in [0.717, 1.165) is 17.0 Å². The van der Waals surface area contributed by atoms with Crippen LogP contribution in [0.25, 0.3) is 5.70 Å². The van der Waals surface area contributed by atoms with Gasteiger partial charge in [0.1, 0.15) is 16.6 Å². The summed E-state index contributed by atoms with van der Waals surface area (Å²) in [5.41, 5.74) is -2.06. The van der Waals surface area contributed by atoms with Gasteiger partial charge in [-0.2, -0.15) is 13.2 Å². The van der Waals surface area contributed by atoms with Crippen LogP contribution in [0.4, 0.5) is 13.2 Å². The highest BCUT2D eigenvalue weighted by Crippen LogP contribution is 2.49. The van der Waals surface area contributed by atoms with Crippen LogP contribution in [-0.4, -0.2) is 35.8 Å². The number of hydrogen-bond donors (Lipinski definition) is 0. The molecule has 1 heterocycles. The van der Waals surface area contributed by atoms with Crippen LogP contribution in [0, 0.1) is 0 Å². The molecule has 0 aliphatic carbocycles. The van der Waals surface area contributed by atoms with Crippen molar-refractivity contribution in [2.75, 3.05) is 0 Å². The average Bonchev–Trinajstić information content (AvgIpc) is 2.97. The predicted octanol–water partition coefficient (Wildman–Crippen LogP) is 4.10. The molecule has 0 bridgehead atoms. The number of benzene rings is 2. The zero-order valence-electron chi connectivity index (χ0n) is 17.0. The average molecular weight is 451 g/mol. The summed E-state index contributed by atoms with van der Waals surface area (Å²) in [6, 6.07) is 11.6. The van der Waals surface area contributed by atoms with Crippen molar-refractivity contribution in [3.63, 3.8) is 0 Å². The monoisotopic (exact) mass is 451 g/mol. The van der Waals surface area contributed by atoms with Crippen LogP contribution in [0.5, 0.6) is 0 Å². The third-order valence-electron chi connectivity index (χ3n) is 5.79. The van der Waals surface area contributed by atoms with Gasteiger partial charge < -0.3 is 4.79 Å². The summed E-state index contributed by atoms with van der Waals surface area (Å²) in [6.45, 7) is 3.84. The van der Waals surface area contributed by atoms with Crippen molar-refractivity contribution in [1.82, 2.24) is 4.90 Å². The zero-order chi connectivity index (χ0) is 23.2. The third-order valence-corrected chi connectivity index (χ3v) is 8.33. The summed E-state index contributed by atoms with van der Waals surface area (Å²) in [4.78, 5) is 25.5. The fourth-order valence-corrected chi connectivity index (χ4v) is 5.78. The van der Waals surface area contributed by atoms with E-state index in [2.05, 4.69) is 0 Å². The van der Waals surface area contributed by atoms with Crippen LogP contribution in [0.1, 0.15) is 31.9 Å². The van der Waals surface area contributed by atoms with Crippen LogP contribution >= 0.6 is 0 Å². The molecular formula is C22H20F3NO4S. The van der Waals surface area contributed by atoms with Crippen molar-refractivity contribution >= 4 is 27.7 Å². The maximum absolute atomic E-state index is 13.6. The van der Waals surface area contributed by atoms with Gasteiger partial charge in [0, 0.05) is 12.6 Å². The Morgan fingerprint density at radius 1 is 1.00 bits per heavy atom. The van der Waals surface area contributed by atoms with Crippen molar-refractivity contribution in [3.8, 4) is 0 Å². The Bertz CT molecular complexity index is 1160. The lowest BCUT2D eigenvalue weighted by atomic mass is 9.89. The lowest BCUT2D eigenvalue weighted by Gasteiger charge is -2.41. The summed E-state index contributed by atoms with van der Waals surface area (Å²) < 4.78 is 64.0. The van der Waals surface area contributed by atoms with E-state index in [9.17, 15) is 31.2 Å². The molecule has 9 heteroatoms. The van der Waals surface area contributed by atoms with Gasteiger partial charge in [-0.3, -0.25) is 9.69 Å². The van der Waals surface area contributed by atoms with Crippen LogP contribution in [0.2, 0.25) is 0 Å². The Kier molecular flexibility index (Phi) is 5.38. The van der Waals surface area contributed by atoms with Gasteiger partial charge in [0.2, 0.25) is 5.91 Å². The molecule has 0 saturated carbocycles. The van der Waals surface area contributed by atoms with Crippen molar-refractivity contribution in [2.45, 2.75) is 42.1 Å². The summed E-state index contributed by atoms with van der Waals surface area (Å²) in [7, 11) is -4.40. The Morgan fingerprint density at radius 3 is 2.00 bits per heavy atom. The highest BCUT2D eigenvalue weighted by atomic mass is 32.2. The molecular weight excluding hydrogens is 431 g/mol. The second kappa shape index (κ2) is 7.33. The van der Waals surface area contributed by atoms with Gasteiger partial charge in [-0.1, -0.05) is 30.3 Å². The minimum atomic E-state index is -4.62. The molecule has 0 radical (unpaired) electrons. The molecule has 1 aliphatic heterocycles. The second-order valence-electron chi connectivity index (χ2n) is 7.65. The molecule has 5 nitrogen and oxygen atoms in total. The Hall–Kier alpha value is -2.94. The zero-order valence-corrected chi connectivity index (χ0v) is 17.8. The largest absolute Gasteiger partial charge is 0.416 e. The van der Waals surface area contributed by atoms with E-state index in [1.165, 1.54) is 26.8 Å². The van der Waals surface area contributed by atoms with E-state index in [0.29, 0.717) is 24.0 Å². The molecule has 2 unspecified atom stereocenters. The fourth-order valence-electron chi connectivity index (χ4n) is 3.85. The maximum atomic E-state index is 13.6. The van der Waals surface area contributed by atoms with E-state index in [4.69, 9.17) is 0 Å². The number of aldehydes is 1. The maximum Gasteiger partial charge on any atom is 0.416 e. The molecule has 1 amide bonds. The molecule has 0 N–H and O–H groups in total. The molecule has 164 valence electrons. The lowest BCUT2D eigenvalue weighted by molar-refractivity contribution is -0.137. The van der Waals surface area contributed by atoms with Crippen molar-refractivity contribution < 1.29 is 31.2 Å². The fraction of sp³-hybridized carbons (Fsp3) is 0.273. The van der Waals surface area contributed by atoms with E-state index >= 15 is 0 Å². The number of amides is 1. The normalized spacial score (nSPS) is 24.1. The molecule has 0 fully saturated rings. The van der Waals surface area contributed by atoms with E-state index < -0.39 is 37.8 Å². The van der Waals surface area contributed by atoms with Crippen molar-refractivity contribution in [3.05, 3.63) is 71.8 Å². The lowest BCUT2D eigenvalue weighted by Crippen LogP contribution is -2.61. The van der Waals surface area contributed by atoms with Gasteiger partial charge in [-0.25, -0.2) is 8.42 Å². The molecule has 2 atom stereocenters. The number of hydrogen-bond acceptors (Lipinski definition) is 4. The van der Waals surface area contributed by atoms with Gasteiger partial charge in [0.15, 0.2) is 9.84 Å². The second-order valence-corrected chi connectivity index (χ2v) is 9.97. The Balaban J connectivity index is 2.24. The minimum absolute atomic E-state index is 0.237. The number of carbonyl (C=O) groups is 2. The minimum Gasteiger partial charge on any atom is -0.301 e. The first kappa shape index (κ1) is 22.7. The molecule has 2 aromatic carbocycles. The first-order chi connectivity index (χ1) is 14.3. The first-order valence-corrected chi connectivity index (χ1v) is 10.8. The molecule has 31 heavy (non-hydrogen) atoms. The Morgan fingerprint density at radius 2 is 1.55 bits per heavy atom. The topological polar surface area (TPSA) is 71.5 Å². The van der Waals surface area contributed by atoms with Gasteiger partial charge in [-0.05, 0) is 49.8 Å². The summed E-state index contributed by atoms with van der Waals surface area (Å²) in [6.07, 6.45) is -2.91. The standard InChI is InChI=1S/C22H20F3NO4S/c1-15(28)26-19(16-7-5-4-6-8-16)13-21(3,20(26,2)14-27)31(29,30)18-11-9-17(10-12-18)22(23,24)25/h4-14H,1-3H3. The number of sulfone groups is 1. The summed E-state index contributed by atoms with van der Waals surface area (Å²) in [5, 5.41) is 0. The number of alkyl halides is 3. The number of nitrogens with zero attached hydrogens (tertiary/aromatic N) is 1. The van der Waals surface area contributed by atoms with Gasteiger partial charge in [0.25, 0.3) is 0 Å². The van der Waals surface area contributed by atoms with Crippen LogP contribution < -0.4 is 0 Å². The van der Waals surface area contributed by atoms with Crippen LogP contribution in [-0.2, 0) is 25.6 Å². The highest BCUT2D eigenvalue weighted by Gasteiger charge is 2.62. The third kappa shape index (κ3) is 3.37. The quantitative estimate of drug-likeness (QED) is 0.657. The summed E-state index contributed by atoms with van der Waals surface area (Å²) in [5.74, 6) is -0.545. The SMILES string of the molecule is CC(=O)N1C(c2ccccc2)=CC(C)(S(=O)(=O)c2ccc(C(F)(F)F)cc2)C1(C)C=O. The molecule has 0 spiro atoms. The Labute approximate surface area is 178 Å². The molecule has 3 rings (SSSR count). The van der Waals surface area contributed by atoms with Gasteiger partial charge in [-0.15, -0.1) is 0 Å². The van der Waals surface area contributed by atoms with Gasteiger partial charge >= 0.3 is 6.18 Å². The van der Waals surface area contributed by atoms with Crippen molar-refractivity contribution in [2.24, 2.45) is 0 Å². The summed E-state index contributed by atoms with van der Waals surface area (Å²) >= 11 is 0. The molecule has 0 saturated heterocycles. The van der Waals surface area contributed by atoms with Crippen molar-refractivity contribution in [1.29, 1.82) is 0 Å². The molecule has 1 aliphatic rings. The molecule has 2 aromatic rings. The first-order valence-electron chi connectivity index (χ1n) is 9.27. The van der Waals surface area contributed by atoms with Crippen LogP contribution in [0.3, 0.4) is 0 Å². The number of halogens is 3. The van der Waals surface area contributed by atoms with Crippen LogP contribution in [0.15, 0.2) is 65.6 Å². The molecule has 0 aromatic heterocycles. The van der Waals surface area contributed by atoms with Gasteiger partial charge in [0.05, 0.1) is 10.5 Å².